The number of nitrogens with zero attached hydrogens (tertiary/aromatic N) is 1. The lowest BCUT2D eigenvalue weighted by molar-refractivity contribution is 0.415. The maximum absolute atomic E-state index is 5.23. The first kappa shape index (κ1) is 13.6. The lowest BCUT2D eigenvalue weighted by Crippen LogP contribution is -1.90. The number of aryl methyl sites for hydroxylation is 1. The van der Waals surface area contributed by atoms with Crippen LogP contribution in [0.2, 0.25) is 0 Å². The van der Waals surface area contributed by atoms with Crippen LogP contribution in [0, 0.1) is 6.92 Å². The van der Waals surface area contributed by atoms with Crippen LogP contribution in [0.1, 0.15) is 4.88 Å². The number of anilines is 2. The van der Waals surface area contributed by atoms with Gasteiger partial charge in [-0.25, -0.2) is 4.98 Å². The molecule has 3 aromatic rings. The van der Waals surface area contributed by atoms with Crippen LogP contribution in [0.25, 0.3) is 11.3 Å². The highest BCUT2D eigenvalue weighted by Gasteiger charge is 2.09. The fourth-order valence-corrected chi connectivity index (χ4v) is 2.99. The summed E-state index contributed by atoms with van der Waals surface area (Å²) in [6.07, 6.45) is 0. The van der Waals surface area contributed by atoms with E-state index in [9.17, 15) is 0 Å². The van der Waals surface area contributed by atoms with Gasteiger partial charge in [-0.15, -0.1) is 11.3 Å². The third-order valence-corrected chi connectivity index (χ3v) is 4.05. The van der Waals surface area contributed by atoms with E-state index in [0.717, 1.165) is 27.8 Å². The maximum Gasteiger partial charge on any atom is 0.187 e. The lowest BCUT2D eigenvalue weighted by Gasteiger charge is -2.04. The quantitative estimate of drug-likeness (QED) is 0.745. The van der Waals surface area contributed by atoms with Crippen molar-refractivity contribution >= 4 is 22.2 Å². The Labute approximate surface area is 128 Å². The number of rotatable bonds is 4. The Kier molecular flexibility index (Phi) is 3.88. The van der Waals surface area contributed by atoms with Crippen molar-refractivity contribution in [2.75, 3.05) is 12.4 Å². The number of thiazole rings is 1. The molecule has 106 valence electrons. The van der Waals surface area contributed by atoms with Crippen molar-refractivity contribution in [2.45, 2.75) is 6.92 Å². The average Bonchev–Trinajstić information content (AvgIpc) is 2.89. The van der Waals surface area contributed by atoms with Crippen molar-refractivity contribution in [1.82, 2.24) is 4.98 Å². The van der Waals surface area contributed by atoms with Gasteiger partial charge >= 0.3 is 0 Å². The molecule has 0 bridgehead atoms. The molecule has 0 spiro atoms. The molecular weight excluding hydrogens is 280 g/mol. The predicted molar refractivity (Wildman–Crippen MR) is 88.6 cm³/mol. The van der Waals surface area contributed by atoms with Crippen molar-refractivity contribution in [2.24, 2.45) is 0 Å². The molecule has 0 aliphatic carbocycles. The molecule has 0 saturated carbocycles. The summed E-state index contributed by atoms with van der Waals surface area (Å²) in [6, 6.07) is 18.1. The van der Waals surface area contributed by atoms with E-state index in [0.29, 0.717) is 0 Å². The molecule has 0 radical (unpaired) electrons. The van der Waals surface area contributed by atoms with Gasteiger partial charge in [-0.2, -0.15) is 0 Å². The van der Waals surface area contributed by atoms with E-state index in [1.165, 1.54) is 4.88 Å². The normalized spacial score (nSPS) is 10.4. The Balaban J connectivity index is 1.87. The summed E-state index contributed by atoms with van der Waals surface area (Å²) in [5, 5.41) is 4.23. The second-order valence-electron chi connectivity index (χ2n) is 4.65. The summed E-state index contributed by atoms with van der Waals surface area (Å²) >= 11 is 1.65. The minimum atomic E-state index is 0.830. The molecule has 3 nitrogen and oxygen atoms in total. The highest BCUT2D eigenvalue weighted by molar-refractivity contribution is 7.16. The Morgan fingerprint density at radius 3 is 2.62 bits per heavy atom. The summed E-state index contributed by atoms with van der Waals surface area (Å²) in [4.78, 5) is 5.90. The van der Waals surface area contributed by atoms with Gasteiger partial charge in [0.05, 0.1) is 12.8 Å². The average molecular weight is 296 g/mol. The summed E-state index contributed by atoms with van der Waals surface area (Å²) in [7, 11) is 1.67. The second kappa shape index (κ2) is 5.97. The zero-order chi connectivity index (χ0) is 14.7. The van der Waals surface area contributed by atoms with Crippen LogP contribution < -0.4 is 10.1 Å². The van der Waals surface area contributed by atoms with Gasteiger partial charge in [0.2, 0.25) is 0 Å². The number of aromatic nitrogens is 1. The molecule has 0 aliphatic rings. The maximum atomic E-state index is 5.23. The van der Waals surface area contributed by atoms with E-state index >= 15 is 0 Å². The van der Waals surface area contributed by atoms with Crippen molar-refractivity contribution in [3.63, 3.8) is 0 Å². The molecule has 1 N–H and O–H groups in total. The smallest absolute Gasteiger partial charge is 0.187 e. The summed E-state index contributed by atoms with van der Waals surface area (Å²) in [6.45, 7) is 2.09. The third-order valence-electron chi connectivity index (χ3n) is 3.16. The van der Waals surface area contributed by atoms with Crippen molar-refractivity contribution < 1.29 is 4.74 Å². The third kappa shape index (κ3) is 3.06. The molecular formula is C17H16N2OS. The van der Waals surface area contributed by atoms with Gasteiger partial charge < -0.3 is 10.1 Å². The van der Waals surface area contributed by atoms with Gasteiger partial charge in [0.25, 0.3) is 0 Å². The summed E-state index contributed by atoms with van der Waals surface area (Å²) in [5.74, 6) is 0.830. The van der Waals surface area contributed by atoms with E-state index in [1.807, 2.05) is 42.5 Å². The highest BCUT2D eigenvalue weighted by atomic mass is 32.1. The number of methoxy groups -OCH3 is 1. The van der Waals surface area contributed by atoms with E-state index < -0.39 is 0 Å². The molecule has 4 heteroatoms. The molecule has 3 rings (SSSR count). The predicted octanol–water partition coefficient (Wildman–Crippen LogP) is 4.87. The molecule has 0 amide bonds. The highest BCUT2D eigenvalue weighted by Crippen LogP contribution is 2.32. The van der Waals surface area contributed by atoms with Gasteiger partial charge in [-0.05, 0) is 19.1 Å². The monoisotopic (exact) mass is 296 g/mol. The Morgan fingerprint density at radius 2 is 1.86 bits per heavy atom. The fraction of sp³-hybridized carbons (Fsp3) is 0.118. The lowest BCUT2D eigenvalue weighted by atomic mass is 10.1. The SMILES string of the molecule is COc1cccc(Nc2nc(-c3ccccc3)c(C)s2)c1. The number of hydrogen-bond donors (Lipinski definition) is 1. The van der Waals surface area contributed by atoms with E-state index in [-0.39, 0.29) is 0 Å². The van der Waals surface area contributed by atoms with Crippen LogP contribution in [0.15, 0.2) is 54.6 Å². The molecule has 0 saturated heterocycles. The number of hydrogen-bond acceptors (Lipinski definition) is 4. The largest absolute Gasteiger partial charge is 0.497 e. The van der Waals surface area contributed by atoms with Crippen LogP contribution in [-0.2, 0) is 0 Å². The standard InChI is InChI=1S/C17H16N2OS/c1-12-16(13-7-4-3-5-8-13)19-17(21-12)18-14-9-6-10-15(11-14)20-2/h3-11H,1-2H3,(H,18,19). The molecule has 0 unspecified atom stereocenters. The molecule has 1 heterocycles. The first-order valence-electron chi connectivity index (χ1n) is 6.70. The molecule has 0 aliphatic heterocycles. The molecule has 21 heavy (non-hydrogen) atoms. The Morgan fingerprint density at radius 1 is 1.05 bits per heavy atom. The Hall–Kier alpha value is -2.33. The number of nitrogens with one attached hydrogen (secondary N) is 1. The summed E-state index contributed by atoms with van der Waals surface area (Å²) in [5.41, 5.74) is 3.15. The molecule has 2 aromatic carbocycles. The minimum absolute atomic E-state index is 0.830. The second-order valence-corrected chi connectivity index (χ2v) is 5.85. The van der Waals surface area contributed by atoms with Gasteiger partial charge in [-0.1, -0.05) is 36.4 Å². The van der Waals surface area contributed by atoms with Crippen LogP contribution in [0.5, 0.6) is 5.75 Å². The molecule has 1 aromatic heterocycles. The van der Waals surface area contributed by atoms with Crippen molar-refractivity contribution in [1.29, 1.82) is 0 Å². The van der Waals surface area contributed by atoms with E-state index in [1.54, 1.807) is 18.4 Å². The van der Waals surface area contributed by atoms with Crippen LogP contribution in [0.4, 0.5) is 10.8 Å². The first-order chi connectivity index (χ1) is 10.3. The van der Waals surface area contributed by atoms with Crippen LogP contribution >= 0.6 is 11.3 Å². The Bertz CT molecular complexity index is 738. The topological polar surface area (TPSA) is 34.1 Å². The van der Waals surface area contributed by atoms with E-state index in [4.69, 9.17) is 9.72 Å². The van der Waals surface area contributed by atoms with Gasteiger partial charge in [0, 0.05) is 22.2 Å². The number of benzene rings is 2. The van der Waals surface area contributed by atoms with Crippen molar-refractivity contribution in [3.8, 4) is 17.0 Å². The number of ether oxygens (including phenoxy) is 1. The van der Waals surface area contributed by atoms with E-state index in [2.05, 4.69) is 24.4 Å². The van der Waals surface area contributed by atoms with Gasteiger partial charge in [-0.3, -0.25) is 0 Å². The van der Waals surface area contributed by atoms with Gasteiger partial charge in [0.15, 0.2) is 5.13 Å². The summed E-state index contributed by atoms with van der Waals surface area (Å²) < 4.78 is 5.23. The fourth-order valence-electron chi connectivity index (χ4n) is 2.14. The zero-order valence-electron chi connectivity index (χ0n) is 12.0. The van der Waals surface area contributed by atoms with Crippen molar-refractivity contribution in [3.05, 3.63) is 59.5 Å². The molecule has 0 fully saturated rings. The first-order valence-corrected chi connectivity index (χ1v) is 7.52. The minimum Gasteiger partial charge on any atom is -0.497 e. The van der Waals surface area contributed by atoms with Crippen LogP contribution in [0.3, 0.4) is 0 Å². The van der Waals surface area contributed by atoms with Gasteiger partial charge in [0.1, 0.15) is 5.75 Å². The molecule has 0 atom stereocenters. The van der Waals surface area contributed by atoms with Crippen LogP contribution in [-0.4, -0.2) is 12.1 Å². The zero-order valence-corrected chi connectivity index (χ0v) is 12.8.